The second-order valence-corrected chi connectivity index (χ2v) is 6.89. The molecule has 1 N–H and O–H groups in total. The zero-order valence-electron chi connectivity index (χ0n) is 15.5. The van der Waals surface area contributed by atoms with Gasteiger partial charge in [0.2, 0.25) is 0 Å². The van der Waals surface area contributed by atoms with Crippen molar-refractivity contribution in [1.29, 1.82) is 0 Å². The molecule has 0 spiro atoms. The fourth-order valence-corrected chi connectivity index (χ4v) is 3.53. The number of rotatable bonds is 4. The fraction of sp³-hybridized carbons (Fsp3) is 0.333. The van der Waals surface area contributed by atoms with Crippen molar-refractivity contribution in [2.75, 3.05) is 33.0 Å². The second kappa shape index (κ2) is 7.61. The van der Waals surface area contributed by atoms with E-state index in [1.807, 2.05) is 53.2 Å². The van der Waals surface area contributed by atoms with Crippen LogP contribution in [0.4, 0.5) is 0 Å². The summed E-state index contributed by atoms with van der Waals surface area (Å²) in [6, 6.07) is 16.1. The Kier molecular flexibility index (Phi) is 4.68. The molecule has 2 aliphatic heterocycles. The van der Waals surface area contributed by atoms with Gasteiger partial charge in [-0.2, -0.15) is 0 Å². The van der Waals surface area contributed by atoms with Gasteiger partial charge in [0.25, 0.3) is 0 Å². The molecule has 7 nitrogen and oxygen atoms in total. The lowest BCUT2D eigenvalue weighted by molar-refractivity contribution is 0.0762. The Hall–Kier alpha value is -2.90. The van der Waals surface area contributed by atoms with Crippen molar-refractivity contribution in [3.63, 3.8) is 0 Å². The lowest BCUT2D eigenvalue weighted by atomic mass is 10.2. The molecule has 0 aliphatic carbocycles. The molecule has 3 heterocycles. The van der Waals surface area contributed by atoms with Crippen LogP contribution in [-0.4, -0.2) is 53.8 Å². The van der Waals surface area contributed by atoms with Crippen molar-refractivity contribution >= 4 is 0 Å². The van der Waals surface area contributed by atoms with E-state index in [1.54, 1.807) is 0 Å². The van der Waals surface area contributed by atoms with Gasteiger partial charge in [-0.3, -0.25) is 0 Å². The van der Waals surface area contributed by atoms with Gasteiger partial charge in [0.15, 0.2) is 17.3 Å². The zero-order valence-corrected chi connectivity index (χ0v) is 15.5. The van der Waals surface area contributed by atoms with Crippen molar-refractivity contribution in [3.05, 3.63) is 54.4 Å². The van der Waals surface area contributed by atoms with E-state index in [0.29, 0.717) is 25.6 Å². The summed E-state index contributed by atoms with van der Waals surface area (Å²) in [5, 5.41) is 8.30. The molecule has 2 aromatic carbocycles. The molecule has 2 aliphatic rings. The number of morpholine rings is 1. The van der Waals surface area contributed by atoms with Gasteiger partial charge in [-0.1, -0.05) is 30.3 Å². The van der Waals surface area contributed by atoms with E-state index < -0.39 is 0 Å². The topological polar surface area (TPSA) is 70.4 Å². The number of ether oxygens (including phenoxy) is 3. The third kappa shape index (κ3) is 3.46. The molecule has 1 saturated heterocycles. The number of hydrogen-bond donors (Lipinski definition) is 1. The molecule has 0 radical (unpaired) electrons. The molecular formula is C21H22N4O3. The highest BCUT2D eigenvalue weighted by Gasteiger charge is 2.21. The van der Waals surface area contributed by atoms with Crippen LogP contribution in [-0.2, 0) is 11.2 Å². The first-order valence-electron chi connectivity index (χ1n) is 9.59. The van der Waals surface area contributed by atoms with Gasteiger partial charge in [-0.05, 0) is 12.1 Å². The van der Waals surface area contributed by atoms with Gasteiger partial charge in [0.05, 0.1) is 18.9 Å². The van der Waals surface area contributed by atoms with Crippen LogP contribution in [0.25, 0.3) is 17.1 Å². The van der Waals surface area contributed by atoms with Crippen LogP contribution in [0.2, 0.25) is 0 Å². The molecule has 0 amide bonds. The first-order chi connectivity index (χ1) is 13.9. The van der Waals surface area contributed by atoms with Crippen LogP contribution in [0.5, 0.6) is 11.5 Å². The van der Waals surface area contributed by atoms with E-state index in [4.69, 9.17) is 24.3 Å². The van der Waals surface area contributed by atoms with E-state index in [0.717, 1.165) is 48.1 Å². The summed E-state index contributed by atoms with van der Waals surface area (Å²) in [7, 11) is 0. The summed E-state index contributed by atoms with van der Waals surface area (Å²) >= 11 is 0. The molecule has 0 bridgehead atoms. The van der Waals surface area contributed by atoms with Crippen LogP contribution in [0.3, 0.4) is 0 Å². The van der Waals surface area contributed by atoms with Crippen molar-refractivity contribution in [1.82, 2.24) is 20.1 Å². The van der Waals surface area contributed by atoms with E-state index in [2.05, 4.69) is 5.32 Å². The molecule has 7 heteroatoms. The highest BCUT2D eigenvalue weighted by Crippen LogP contribution is 2.32. The minimum Gasteiger partial charge on any atom is -0.486 e. The van der Waals surface area contributed by atoms with Gasteiger partial charge in [0.1, 0.15) is 19.0 Å². The minimum atomic E-state index is 0.220. The van der Waals surface area contributed by atoms with Crippen molar-refractivity contribution < 1.29 is 14.2 Å². The first kappa shape index (κ1) is 17.2. The quantitative estimate of drug-likeness (QED) is 0.751. The SMILES string of the molecule is c1ccc(-c2nc(C[C@H]3COCCN3)n(-c3ccc4c(c3)OCCO4)n2)cc1. The number of aromatic nitrogens is 3. The smallest absolute Gasteiger partial charge is 0.181 e. The van der Waals surface area contributed by atoms with E-state index in [1.165, 1.54) is 0 Å². The number of fused-ring (bicyclic) bond motifs is 1. The number of benzene rings is 2. The van der Waals surface area contributed by atoms with Crippen molar-refractivity contribution in [2.24, 2.45) is 0 Å². The molecule has 1 aromatic heterocycles. The summed E-state index contributed by atoms with van der Waals surface area (Å²) in [5.41, 5.74) is 1.90. The molecule has 1 fully saturated rings. The zero-order chi connectivity index (χ0) is 18.8. The molecule has 1 atom stereocenters. The summed E-state index contributed by atoms with van der Waals surface area (Å²) in [6.07, 6.45) is 0.730. The Morgan fingerprint density at radius 1 is 1.00 bits per heavy atom. The summed E-state index contributed by atoms with van der Waals surface area (Å²) in [6.45, 7) is 3.41. The molecule has 28 heavy (non-hydrogen) atoms. The summed E-state index contributed by atoms with van der Waals surface area (Å²) < 4.78 is 18.9. The Morgan fingerprint density at radius 3 is 2.68 bits per heavy atom. The lowest BCUT2D eigenvalue weighted by Gasteiger charge is -2.23. The van der Waals surface area contributed by atoms with Gasteiger partial charge < -0.3 is 19.5 Å². The Labute approximate surface area is 163 Å². The number of nitrogens with zero attached hydrogens (tertiary/aromatic N) is 3. The maximum atomic E-state index is 5.75. The molecule has 3 aromatic rings. The average Bonchev–Trinajstić information content (AvgIpc) is 3.18. The lowest BCUT2D eigenvalue weighted by Crippen LogP contribution is -2.43. The van der Waals surface area contributed by atoms with Crippen LogP contribution in [0.1, 0.15) is 5.82 Å². The van der Waals surface area contributed by atoms with Gasteiger partial charge in [0, 0.05) is 30.6 Å². The largest absolute Gasteiger partial charge is 0.486 e. The summed E-state index contributed by atoms with van der Waals surface area (Å²) in [4.78, 5) is 4.85. The van der Waals surface area contributed by atoms with Gasteiger partial charge >= 0.3 is 0 Å². The van der Waals surface area contributed by atoms with E-state index >= 15 is 0 Å². The second-order valence-electron chi connectivity index (χ2n) is 6.89. The molecule has 5 rings (SSSR count). The van der Waals surface area contributed by atoms with Crippen LogP contribution < -0.4 is 14.8 Å². The van der Waals surface area contributed by atoms with Crippen LogP contribution in [0.15, 0.2) is 48.5 Å². The first-order valence-corrected chi connectivity index (χ1v) is 9.59. The van der Waals surface area contributed by atoms with Gasteiger partial charge in [-0.25, -0.2) is 9.67 Å². The minimum absolute atomic E-state index is 0.220. The molecular weight excluding hydrogens is 356 g/mol. The van der Waals surface area contributed by atoms with E-state index in [9.17, 15) is 0 Å². The standard InChI is InChI=1S/C21H22N4O3/c1-2-4-15(5-3-1)21-23-20(12-16-14-26-9-8-22-16)25(24-21)17-6-7-18-19(13-17)28-11-10-27-18/h1-7,13,16,22H,8-12,14H2/t16-/m0/s1. The van der Waals surface area contributed by atoms with Gasteiger partial charge in [-0.15, -0.1) is 5.10 Å². The van der Waals surface area contributed by atoms with Crippen molar-refractivity contribution in [3.8, 4) is 28.6 Å². The van der Waals surface area contributed by atoms with Crippen LogP contribution in [0, 0.1) is 0 Å². The predicted octanol–water partition coefficient (Wildman–Crippen LogP) is 2.24. The Morgan fingerprint density at radius 2 is 1.86 bits per heavy atom. The third-order valence-electron chi connectivity index (χ3n) is 4.90. The Bertz CT molecular complexity index is 952. The maximum absolute atomic E-state index is 5.75. The normalized spacial score (nSPS) is 18.8. The maximum Gasteiger partial charge on any atom is 0.181 e. The molecule has 0 unspecified atom stereocenters. The third-order valence-corrected chi connectivity index (χ3v) is 4.90. The van der Waals surface area contributed by atoms with Crippen LogP contribution >= 0.6 is 0 Å². The molecule has 144 valence electrons. The van der Waals surface area contributed by atoms with Crippen molar-refractivity contribution in [2.45, 2.75) is 12.5 Å². The van der Waals surface area contributed by atoms with E-state index in [-0.39, 0.29) is 6.04 Å². The highest BCUT2D eigenvalue weighted by molar-refractivity contribution is 5.55. The fourth-order valence-electron chi connectivity index (χ4n) is 3.53. The number of nitrogens with one attached hydrogen (secondary N) is 1. The average molecular weight is 378 g/mol. The Balaban J connectivity index is 1.53. The molecule has 0 saturated carbocycles. The number of hydrogen-bond acceptors (Lipinski definition) is 6. The highest BCUT2D eigenvalue weighted by atomic mass is 16.6. The summed E-state index contributed by atoms with van der Waals surface area (Å²) in [5.74, 6) is 3.11. The predicted molar refractivity (Wildman–Crippen MR) is 104 cm³/mol. The monoisotopic (exact) mass is 378 g/mol.